The van der Waals surface area contributed by atoms with Gasteiger partial charge in [-0.15, -0.1) is 0 Å². The number of carbonyl (C=O) groups excluding carboxylic acids is 2. The highest BCUT2D eigenvalue weighted by atomic mass is 35.5. The molecule has 0 aliphatic carbocycles. The Kier molecular flexibility index (Phi) is 5.91. The van der Waals surface area contributed by atoms with Gasteiger partial charge in [-0.3, -0.25) is 9.59 Å². The average Bonchev–Trinajstić information content (AvgIpc) is 3.03. The molecule has 0 unspecified atom stereocenters. The van der Waals surface area contributed by atoms with Crippen molar-refractivity contribution in [3.05, 3.63) is 82.4 Å². The molecule has 0 aromatic heterocycles. The van der Waals surface area contributed by atoms with Gasteiger partial charge in [0.25, 0.3) is 11.7 Å². The Morgan fingerprint density at radius 1 is 1.03 bits per heavy atom. The molecular weight excluding hydrogens is 428 g/mol. The molecule has 0 saturated carbocycles. The number of phenols is 1. The molecule has 1 aliphatic rings. The Labute approximate surface area is 190 Å². The topological polar surface area (TPSA) is 81.1 Å². The van der Waals surface area contributed by atoms with Gasteiger partial charge in [0.15, 0.2) is 0 Å². The minimum atomic E-state index is -0.793. The summed E-state index contributed by atoms with van der Waals surface area (Å²) in [5.41, 5.74) is 0.698. The molecule has 3 aromatic carbocycles. The van der Waals surface area contributed by atoms with Crippen LogP contribution in [0.5, 0.6) is 5.75 Å². The van der Waals surface area contributed by atoms with Gasteiger partial charge in [-0.25, -0.2) is 0 Å². The molecule has 0 spiro atoms. The first-order valence-electron chi connectivity index (χ1n) is 10.2. The predicted octanol–water partition coefficient (Wildman–Crippen LogP) is 4.18. The van der Waals surface area contributed by atoms with Crippen LogP contribution in [0.1, 0.15) is 17.2 Å². The molecule has 0 radical (unpaired) electrons. The smallest absolute Gasteiger partial charge is 0.295 e. The van der Waals surface area contributed by atoms with E-state index in [-0.39, 0.29) is 16.9 Å². The van der Waals surface area contributed by atoms with Gasteiger partial charge in [0.05, 0.1) is 17.2 Å². The number of benzene rings is 3. The zero-order valence-electron chi connectivity index (χ0n) is 17.7. The largest absolute Gasteiger partial charge is 0.507 e. The summed E-state index contributed by atoms with van der Waals surface area (Å²) in [6.45, 7) is 0.837. The van der Waals surface area contributed by atoms with E-state index in [0.29, 0.717) is 29.1 Å². The third kappa shape index (κ3) is 3.83. The fraction of sp³-hybridized carbons (Fsp3) is 0.200. The van der Waals surface area contributed by atoms with Gasteiger partial charge < -0.3 is 20.0 Å². The average molecular weight is 451 g/mol. The normalized spacial score (nSPS) is 18.1. The van der Waals surface area contributed by atoms with Gasteiger partial charge in [-0.2, -0.15) is 0 Å². The lowest BCUT2D eigenvalue weighted by Gasteiger charge is -2.26. The van der Waals surface area contributed by atoms with E-state index in [1.54, 1.807) is 48.5 Å². The first-order chi connectivity index (χ1) is 15.3. The predicted molar refractivity (Wildman–Crippen MR) is 125 cm³/mol. The number of amides is 1. The number of fused-ring (bicyclic) bond motifs is 1. The minimum Gasteiger partial charge on any atom is -0.507 e. The molecular formula is C25H23ClN2O4. The monoisotopic (exact) mass is 450 g/mol. The number of aliphatic hydroxyl groups excluding tert-OH is 1. The van der Waals surface area contributed by atoms with Crippen LogP contribution in [0.4, 0.5) is 0 Å². The molecule has 4 rings (SSSR count). The van der Waals surface area contributed by atoms with Crippen LogP contribution in [0.3, 0.4) is 0 Å². The third-order valence-electron chi connectivity index (χ3n) is 5.67. The standard InChI is InChI=1S/C25H23ClN2O4/c1-27(2)13-14-28-21(16-7-10-17(26)11-8-16)20(24(31)25(28)32)23(30)19-12-9-15-5-3-4-6-18(15)22(19)29/h3-12,21,29-30H,13-14H2,1-2H3/t21-/m1/s1. The molecule has 1 saturated heterocycles. The highest BCUT2D eigenvalue weighted by Gasteiger charge is 2.46. The molecule has 6 nitrogen and oxygen atoms in total. The summed E-state index contributed by atoms with van der Waals surface area (Å²) in [5.74, 6) is -2.02. The first kappa shape index (κ1) is 21.9. The van der Waals surface area contributed by atoms with Gasteiger partial charge in [0.1, 0.15) is 11.5 Å². The Morgan fingerprint density at radius 2 is 1.72 bits per heavy atom. The molecule has 1 atom stereocenters. The number of hydrogen-bond donors (Lipinski definition) is 2. The Bertz CT molecular complexity index is 1230. The van der Waals surface area contributed by atoms with Crippen molar-refractivity contribution in [2.75, 3.05) is 27.2 Å². The number of likely N-dealkylation sites (N-methyl/N-ethyl adjacent to an activating group) is 1. The highest BCUT2D eigenvalue weighted by Crippen LogP contribution is 2.42. The first-order valence-corrected chi connectivity index (χ1v) is 10.6. The SMILES string of the molecule is CN(C)CCN1C(=O)C(=O)C(=C(O)c2ccc3ccccc3c2O)[C@H]1c1ccc(Cl)cc1. The van der Waals surface area contributed by atoms with Gasteiger partial charge >= 0.3 is 0 Å². The second-order valence-electron chi connectivity index (χ2n) is 8.03. The number of hydrogen-bond acceptors (Lipinski definition) is 5. The van der Waals surface area contributed by atoms with E-state index in [1.807, 2.05) is 31.1 Å². The van der Waals surface area contributed by atoms with Crippen molar-refractivity contribution in [2.45, 2.75) is 6.04 Å². The number of aromatic hydroxyl groups is 1. The summed E-state index contributed by atoms with van der Waals surface area (Å²) in [7, 11) is 3.75. The van der Waals surface area contributed by atoms with Crippen LogP contribution in [0.15, 0.2) is 66.2 Å². The van der Waals surface area contributed by atoms with Crippen LogP contribution in [-0.4, -0.2) is 58.9 Å². The summed E-state index contributed by atoms with van der Waals surface area (Å²) in [6, 6.07) is 16.5. The van der Waals surface area contributed by atoms with E-state index in [9.17, 15) is 19.8 Å². The molecule has 1 amide bonds. The molecule has 1 fully saturated rings. The number of phenolic OH excluding ortho intramolecular Hbond substituents is 1. The lowest BCUT2D eigenvalue weighted by Crippen LogP contribution is -2.35. The van der Waals surface area contributed by atoms with Crippen molar-refractivity contribution in [1.82, 2.24) is 9.80 Å². The van der Waals surface area contributed by atoms with Crippen molar-refractivity contribution < 1.29 is 19.8 Å². The quantitative estimate of drug-likeness (QED) is 0.346. The third-order valence-corrected chi connectivity index (χ3v) is 5.92. The number of rotatable bonds is 5. The lowest BCUT2D eigenvalue weighted by atomic mass is 9.94. The molecule has 2 N–H and O–H groups in total. The zero-order valence-corrected chi connectivity index (χ0v) is 18.5. The number of ketones is 1. The van der Waals surface area contributed by atoms with E-state index >= 15 is 0 Å². The van der Waals surface area contributed by atoms with E-state index in [1.165, 1.54) is 4.90 Å². The Balaban J connectivity index is 1.90. The number of aliphatic hydroxyl groups is 1. The van der Waals surface area contributed by atoms with Crippen LogP contribution in [0, 0.1) is 0 Å². The number of carbonyl (C=O) groups is 2. The maximum atomic E-state index is 13.1. The molecule has 7 heteroatoms. The van der Waals surface area contributed by atoms with Crippen LogP contribution in [0.25, 0.3) is 16.5 Å². The lowest BCUT2D eigenvalue weighted by molar-refractivity contribution is -0.140. The Hall–Kier alpha value is -3.35. The van der Waals surface area contributed by atoms with E-state index in [0.717, 1.165) is 5.39 Å². The van der Waals surface area contributed by atoms with E-state index < -0.39 is 23.5 Å². The molecule has 164 valence electrons. The van der Waals surface area contributed by atoms with E-state index in [4.69, 9.17) is 11.6 Å². The molecule has 3 aromatic rings. The molecule has 0 bridgehead atoms. The summed E-state index contributed by atoms with van der Waals surface area (Å²) >= 11 is 6.04. The maximum absolute atomic E-state index is 13.1. The van der Waals surface area contributed by atoms with Crippen molar-refractivity contribution in [1.29, 1.82) is 0 Å². The van der Waals surface area contributed by atoms with Gasteiger partial charge in [-0.1, -0.05) is 54.1 Å². The van der Waals surface area contributed by atoms with Crippen molar-refractivity contribution in [3.8, 4) is 5.75 Å². The summed E-state index contributed by atoms with van der Waals surface area (Å²) in [4.78, 5) is 29.4. The van der Waals surface area contributed by atoms with Crippen LogP contribution in [-0.2, 0) is 9.59 Å². The summed E-state index contributed by atoms with van der Waals surface area (Å²) in [5, 5.41) is 23.9. The fourth-order valence-electron chi connectivity index (χ4n) is 4.00. The number of nitrogens with zero attached hydrogens (tertiary/aromatic N) is 2. The molecule has 32 heavy (non-hydrogen) atoms. The Morgan fingerprint density at radius 3 is 2.41 bits per heavy atom. The van der Waals surface area contributed by atoms with Gasteiger partial charge in [0, 0.05) is 23.5 Å². The van der Waals surface area contributed by atoms with Crippen LogP contribution < -0.4 is 0 Å². The van der Waals surface area contributed by atoms with Crippen LogP contribution >= 0.6 is 11.6 Å². The minimum absolute atomic E-state index is 0.0540. The van der Waals surface area contributed by atoms with Gasteiger partial charge in [-0.05, 0) is 43.2 Å². The van der Waals surface area contributed by atoms with Crippen molar-refractivity contribution in [2.24, 2.45) is 0 Å². The number of Topliss-reactive ketones (excluding diaryl/α,β-unsaturated/α-hetero) is 1. The van der Waals surface area contributed by atoms with Gasteiger partial charge in [0.2, 0.25) is 0 Å². The second-order valence-corrected chi connectivity index (χ2v) is 8.47. The zero-order chi connectivity index (χ0) is 23.0. The molecule has 1 aliphatic heterocycles. The van der Waals surface area contributed by atoms with Crippen molar-refractivity contribution >= 4 is 39.8 Å². The highest BCUT2D eigenvalue weighted by molar-refractivity contribution is 6.46. The summed E-state index contributed by atoms with van der Waals surface area (Å²) < 4.78 is 0. The fourth-order valence-corrected chi connectivity index (χ4v) is 4.13. The summed E-state index contributed by atoms with van der Waals surface area (Å²) in [6.07, 6.45) is 0. The molecule has 1 heterocycles. The second kappa shape index (κ2) is 8.65. The maximum Gasteiger partial charge on any atom is 0.295 e. The number of halogens is 1. The van der Waals surface area contributed by atoms with Crippen molar-refractivity contribution in [3.63, 3.8) is 0 Å². The number of likely N-dealkylation sites (tertiary alicyclic amines) is 1. The van der Waals surface area contributed by atoms with Crippen LogP contribution in [0.2, 0.25) is 5.02 Å². The van der Waals surface area contributed by atoms with E-state index in [2.05, 4.69) is 0 Å².